The lowest BCUT2D eigenvalue weighted by Gasteiger charge is -2.05. The van der Waals surface area contributed by atoms with Gasteiger partial charge in [0.1, 0.15) is 0 Å². The van der Waals surface area contributed by atoms with Crippen LogP contribution in [0.25, 0.3) is 0 Å². The molecule has 0 radical (unpaired) electrons. The predicted molar refractivity (Wildman–Crippen MR) is 65.2 cm³/mol. The van der Waals surface area contributed by atoms with Gasteiger partial charge in [0.15, 0.2) is 0 Å². The second-order valence-electron chi connectivity index (χ2n) is 3.65. The first-order valence-corrected chi connectivity index (χ1v) is 5.83. The van der Waals surface area contributed by atoms with Gasteiger partial charge in [0.05, 0.1) is 19.8 Å². The van der Waals surface area contributed by atoms with Gasteiger partial charge in [-0.1, -0.05) is 30.3 Å². The normalized spacial score (nSPS) is 10.6. The van der Waals surface area contributed by atoms with E-state index < -0.39 is 0 Å². The molecule has 0 unspecified atom stereocenters. The van der Waals surface area contributed by atoms with Crippen molar-refractivity contribution in [3.8, 4) is 0 Å². The van der Waals surface area contributed by atoms with E-state index in [0.717, 1.165) is 26.0 Å². The van der Waals surface area contributed by atoms with Crippen LogP contribution in [-0.2, 0) is 16.1 Å². The zero-order valence-electron chi connectivity index (χ0n) is 9.73. The van der Waals surface area contributed by atoms with E-state index in [1.54, 1.807) is 0 Å². The van der Waals surface area contributed by atoms with Gasteiger partial charge in [0, 0.05) is 6.61 Å². The summed E-state index contributed by atoms with van der Waals surface area (Å²) in [7, 11) is 0. The van der Waals surface area contributed by atoms with Crippen molar-refractivity contribution in [3.63, 3.8) is 0 Å². The predicted octanol–water partition coefficient (Wildman–Crippen LogP) is 1.96. The Morgan fingerprint density at radius 2 is 1.62 bits per heavy atom. The number of unbranched alkanes of at least 4 members (excludes halogenated alkanes) is 1. The highest BCUT2D eigenvalue weighted by molar-refractivity contribution is 5.13. The summed E-state index contributed by atoms with van der Waals surface area (Å²) < 4.78 is 10.9. The summed E-state index contributed by atoms with van der Waals surface area (Å²) >= 11 is 0. The van der Waals surface area contributed by atoms with E-state index in [1.165, 1.54) is 5.56 Å². The Balaban J connectivity index is 1.89. The van der Waals surface area contributed by atoms with Crippen molar-refractivity contribution in [2.75, 3.05) is 26.4 Å². The Morgan fingerprint density at radius 1 is 0.875 bits per heavy atom. The molecule has 0 heterocycles. The molecule has 0 aliphatic heterocycles. The third-order valence-corrected chi connectivity index (χ3v) is 2.23. The molecule has 0 saturated heterocycles. The lowest BCUT2D eigenvalue weighted by Crippen LogP contribution is -2.07. The monoisotopic (exact) mass is 223 g/mol. The number of hydrogen-bond acceptors (Lipinski definition) is 3. The van der Waals surface area contributed by atoms with Crippen LogP contribution in [0.4, 0.5) is 0 Å². The molecule has 0 aliphatic rings. The molecular formula is C13H21NO2. The summed E-state index contributed by atoms with van der Waals surface area (Å²) in [4.78, 5) is 0. The van der Waals surface area contributed by atoms with E-state index in [0.29, 0.717) is 19.8 Å². The molecule has 1 rings (SSSR count). The van der Waals surface area contributed by atoms with Crippen LogP contribution in [-0.4, -0.2) is 26.4 Å². The van der Waals surface area contributed by atoms with E-state index in [4.69, 9.17) is 15.2 Å². The Morgan fingerprint density at radius 3 is 2.38 bits per heavy atom. The van der Waals surface area contributed by atoms with Gasteiger partial charge < -0.3 is 15.2 Å². The van der Waals surface area contributed by atoms with Crippen LogP contribution in [0, 0.1) is 0 Å². The van der Waals surface area contributed by atoms with Gasteiger partial charge in [0.2, 0.25) is 0 Å². The van der Waals surface area contributed by atoms with E-state index >= 15 is 0 Å². The lowest BCUT2D eigenvalue weighted by molar-refractivity contribution is 0.0395. The van der Waals surface area contributed by atoms with Crippen molar-refractivity contribution in [2.45, 2.75) is 19.4 Å². The Labute approximate surface area is 97.6 Å². The molecule has 0 spiro atoms. The Kier molecular flexibility index (Phi) is 7.68. The van der Waals surface area contributed by atoms with Crippen LogP contribution < -0.4 is 5.73 Å². The van der Waals surface area contributed by atoms with Gasteiger partial charge in [-0.2, -0.15) is 0 Å². The average Bonchev–Trinajstić information content (AvgIpc) is 2.34. The molecule has 0 fully saturated rings. The van der Waals surface area contributed by atoms with Crippen LogP contribution in [0.3, 0.4) is 0 Å². The minimum absolute atomic E-state index is 0.650. The molecule has 0 atom stereocenters. The third-order valence-electron chi connectivity index (χ3n) is 2.23. The van der Waals surface area contributed by atoms with Crippen molar-refractivity contribution >= 4 is 0 Å². The fourth-order valence-electron chi connectivity index (χ4n) is 1.33. The largest absolute Gasteiger partial charge is 0.379 e. The number of benzene rings is 1. The van der Waals surface area contributed by atoms with E-state index in [-0.39, 0.29) is 0 Å². The first-order chi connectivity index (χ1) is 7.93. The molecule has 2 N–H and O–H groups in total. The topological polar surface area (TPSA) is 44.5 Å². The highest BCUT2D eigenvalue weighted by Crippen LogP contribution is 2.00. The molecule has 0 aliphatic carbocycles. The minimum Gasteiger partial charge on any atom is -0.379 e. The fraction of sp³-hybridized carbons (Fsp3) is 0.538. The van der Waals surface area contributed by atoms with Gasteiger partial charge in [-0.3, -0.25) is 0 Å². The van der Waals surface area contributed by atoms with Crippen molar-refractivity contribution in [2.24, 2.45) is 5.73 Å². The lowest BCUT2D eigenvalue weighted by atomic mass is 10.2. The van der Waals surface area contributed by atoms with E-state index in [2.05, 4.69) is 12.1 Å². The molecule has 0 amide bonds. The molecular weight excluding hydrogens is 202 g/mol. The average molecular weight is 223 g/mol. The number of ether oxygens (including phenoxy) is 2. The highest BCUT2D eigenvalue weighted by atomic mass is 16.5. The van der Waals surface area contributed by atoms with Crippen molar-refractivity contribution < 1.29 is 9.47 Å². The number of nitrogens with two attached hydrogens (primary N) is 1. The summed E-state index contributed by atoms with van der Waals surface area (Å²) in [5.74, 6) is 0. The van der Waals surface area contributed by atoms with Gasteiger partial charge in [0.25, 0.3) is 0 Å². The molecule has 1 aromatic carbocycles. The summed E-state index contributed by atoms with van der Waals surface area (Å²) in [6.07, 6.45) is 2.07. The van der Waals surface area contributed by atoms with Crippen molar-refractivity contribution in [3.05, 3.63) is 35.9 Å². The highest BCUT2D eigenvalue weighted by Gasteiger charge is 1.92. The molecule has 3 heteroatoms. The third kappa shape index (κ3) is 6.56. The quantitative estimate of drug-likeness (QED) is 0.651. The zero-order chi connectivity index (χ0) is 11.5. The maximum atomic E-state index is 5.48. The molecule has 0 saturated carbocycles. The SMILES string of the molecule is NCCCCOCCOCc1ccccc1. The number of rotatable bonds is 9. The summed E-state index contributed by atoms with van der Waals surface area (Å²) in [5, 5.41) is 0. The maximum Gasteiger partial charge on any atom is 0.0718 e. The van der Waals surface area contributed by atoms with Crippen LogP contribution >= 0.6 is 0 Å². The summed E-state index contributed by atoms with van der Waals surface area (Å²) in [5.41, 5.74) is 6.57. The minimum atomic E-state index is 0.650. The van der Waals surface area contributed by atoms with Crippen molar-refractivity contribution in [1.82, 2.24) is 0 Å². The molecule has 16 heavy (non-hydrogen) atoms. The second kappa shape index (κ2) is 9.33. The Hall–Kier alpha value is -0.900. The van der Waals surface area contributed by atoms with Gasteiger partial charge in [-0.25, -0.2) is 0 Å². The molecule has 0 bridgehead atoms. The first-order valence-electron chi connectivity index (χ1n) is 5.83. The van der Waals surface area contributed by atoms with Crippen LogP contribution in [0.2, 0.25) is 0 Å². The number of hydrogen-bond donors (Lipinski definition) is 1. The Bertz CT molecular complexity index is 251. The van der Waals surface area contributed by atoms with Crippen LogP contribution in [0.15, 0.2) is 30.3 Å². The summed E-state index contributed by atoms with van der Waals surface area (Å²) in [6.45, 7) is 3.50. The van der Waals surface area contributed by atoms with Crippen LogP contribution in [0.5, 0.6) is 0 Å². The van der Waals surface area contributed by atoms with Crippen molar-refractivity contribution in [1.29, 1.82) is 0 Å². The zero-order valence-corrected chi connectivity index (χ0v) is 9.73. The molecule has 90 valence electrons. The van der Waals surface area contributed by atoms with Gasteiger partial charge >= 0.3 is 0 Å². The molecule has 3 nitrogen and oxygen atoms in total. The van der Waals surface area contributed by atoms with E-state index in [9.17, 15) is 0 Å². The second-order valence-corrected chi connectivity index (χ2v) is 3.65. The van der Waals surface area contributed by atoms with Gasteiger partial charge in [-0.05, 0) is 24.9 Å². The first kappa shape index (κ1) is 13.2. The molecule has 1 aromatic rings. The van der Waals surface area contributed by atoms with Gasteiger partial charge in [-0.15, -0.1) is 0 Å². The van der Waals surface area contributed by atoms with E-state index in [1.807, 2.05) is 18.2 Å². The summed E-state index contributed by atoms with van der Waals surface area (Å²) in [6, 6.07) is 10.2. The fourth-order valence-corrected chi connectivity index (χ4v) is 1.33. The maximum absolute atomic E-state index is 5.48. The molecule has 0 aromatic heterocycles. The smallest absolute Gasteiger partial charge is 0.0718 e. The van der Waals surface area contributed by atoms with Crippen LogP contribution in [0.1, 0.15) is 18.4 Å². The standard InChI is InChI=1S/C13H21NO2/c14-8-4-5-9-15-10-11-16-12-13-6-2-1-3-7-13/h1-3,6-7H,4-5,8-12,14H2.